The van der Waals surface area contributed by atoms with Crippen molar-refractivity contribution in [1.82, 2.24) is 29.3 Å². The quantitative estimate of drug-likeness (QED) is 0.0167. The van der Waals surface area contributed by atoms with Crippen LogP contribution in [0.25, 0.3) is 0 Å². The van der Waals surface area contributed by atoms with E-state index in [-0.39, 0.29) is 202 Å². The number of alkyl halides is 11. The SMILES string of the molecule is C=C(OCC(C)(COC(=O)C(C)(CCl)CCl)C(=O)OCc1cnn(CCCCC(=O)OC2CCC(C(C)(C3CCC(OC(=O)CCCCn4cc(COC(=C)C(C)(COC(=O)C(C)(CCl)CCl)COC(=O)C(C)(CCl)CCl)cn4)CC3)C3CCC(OC(=O)CCCCn4cc(COC(=O)C(C)(CCC(=O)C(C)(CC)CCl)COC(=O)C(C)(CCl)CCl)cn4)CC3)CC2)c1)C(C)(CCl)CCl. The third kappa shape index (κ3) is 33.8. The lowest BCUT2D eigenvalue weighted by atomic mass is 9.52. The highest BCUT2D eigenvalue weighted by atomic mass is 35.5. The third-order valence-electron chi connectivity index (χ3n) is 27.4. The largest absolute Gasteiger partial charge is 0.497 e. The molecular weight excluding hydrogens is 1960 g/mol. The number of unbranched alkanes of at least 4 members (excludes halogenated alkanes) is 3. The van der Waals surface area contributed by atoms with Gasteiger partial charge in [0.1, 0.15) is 88.1 Å². The van der Waals surface area contributed by atoms with Crippen LogP contribution in [0.1, 0.15) is 247 Å². The summed E-state index contributed by atoms with van der Waals surface area (Å²) in [5, 5.41) is 13.5. The fourth-order valence-electron chi connectivity index (χ4n) is 16.0. The number of allylic oxidation sites excluding steroid dienone is 1. The maximum Gasteiger partial charge on any atom is 0.319 e. The molecule has 0 spiro atoms. The number of carbonyl (C=O) groups excluding carboxylic acids is 10. The van der Waals surface area contributed by atoms with Gasteiger partial charge in [0.15, 0.2) is 0 Å². The van der Waals surface area contributed by atoms with Crippen LogP contribution in [0.15, 0.2) is 61.9 Å². The van der Waals surface area contributed by atoms with Gasteiger partial charge in [-0.25, -0.2) is 0 Å². The summed E-state index contributed by atoms with van der Waals surface area (Å²) in [7, 11) is 0. The minimum atomic E-state index is -1.50. The average Bonchev–Trinajstić information content (AvgIpc) is 1.41. The van der Waals surface area contributed by atoms with Gasteiger partial charge >= 0.3 is 53.7 Å². The van der Waals surface area contributed by atoms with Gasteiger partial charge < -0.3 is 52.1 Å². The zero-order chi connectivity index (χ0) is 99.5. The normalized spacial score (nSPS) is 19.3. The van der Waals surface area contributed by atoms with Crippen LogP contribution in [0.4, 0.5) is 0 Å². The predicted molar refractivity (Wildman–Crippen MR) is 520 cm³/mol. The van der Waals surface area contributed by atoms with E-state index in [1.54, 1.807) is 107 Å². The molecule has 3 heterocycles. The second-order valence-corrected chi connectivity index (χ2v) is 42.6. The molecule has 134 heavy (non-hydrogen) atoms. The van der Waals surface area contributed by atoms with Crippen LogP contribution in [0.3, 0.4) is 0 Å². The van der Waals surface area contributed by atoms with Gasteiger partial charge in [-0.1, -0.05) is 40.9 Å². The van der Waals surface area contributed by atoms with Crippen LogP contribution < -0.4 is 0 Å². The number of aryl methyl sites for hydroxylation is 3. The number of carbonyl (C=O) groups is 10. The van der Waals surface area contributed by atoms with Crippen molar-refractivity contribution in [3.8, 4) is 0 Å². The topological polar surface area (TPSA) is 326 Å². The number of hydrogen-bond donors (Lipinski definition) is 0. The first-order chi connectivity index (χ1) is 63.3. The van der Waals surface area contributed by atoms with Gasteiger partial charge in [-0.2, -0.15) is 15.3 Å². The van der Waals surface area contributed by atoms with Crippen molar-refractivity contribution < 1.29 is 100 Å². The predicted octanol–water partition coefficient (Wildman–Crippen LogP) is 20.8. The number of Topliss-reactive ketones (excluding diaryl/α,β-unsaturated/α-hetero) is 1. The summed E-state index contributed by atoms with van der Waals surface area (Å²) in [4.78, 5) is 134. The first kappa shape index (κ1) is 118. The lowest BCUT2D eigenvalue weighted by molar-refractivity contribution is -0.171. The Labute approximate surface area is 846 Å². The first-order valence-electron chi connectivity index (χ1n) is 46.3. The minimum absolute atomic E-state index is 0.0000599. The standard InChI is InChI=1S/C96H141Cl11N6O21/c1-14-87(4,50-97)77(114)36-37-88(5,61-128-82(119)90(7,53-100)54-101)81(118)125-48-69-42-109-112(45-69)39-19-16-22-79(116)133-75-32-26-72(27-33-75)96(13,71-24-30-74(31-25-71)132-78(115)21-15-18-38-111-44-68(41-108-111)47-124-67(3)94(11,62-129-83(120)91(8,55-102)56-103)63-130-84(121)92(9,57-104)58-105)73-28-34-76(35-29-73)134-80(117)23-17-20-40-113-46-70(43-110-113)49-126-86(123)95(12,64-127-66(2)89(6,51-98)52-99)65-131-85(122)93(10,59-106)60-107/h41-46,71-76H,2-3,14-40,47-65H2,1,4-13H3. The Morgan fingerprint density at radius 1 is 0.321 bits per heavy atom. The number of ketones is 1. The molecule has 0 amide bonds. The molecule has 6 rings (SSSR count). The van der Waals surface area contributed by atoms with Crippen molar-refractivity contribution in [2.24, 2.45) is 71.9 Å². The zero-order valence-electron chi connectivity index (χ0n) is 79.8. The average molecular weight is 2110 g/mol. The van der Waals surface area contributed by atoms with Crippen molar-refractivity contribution in [2.75, 3.05) is 97.7 Å². The zero-order valence-corrected chi connectivity index (χ0v) is 88.1. The fourth-order valence-corrected chi connectivity index (χ4v) is 18.9. The molecule has 3 saturated carbocycles. The van der Waals surface area contributed by atoms with Crippen molar-refractivity contribution >= 4 is 187 Å². The van der Waals surface area contributed by atoms with Crippen LogP contribution in [-0.2, 0) is 140 Å². The monoisotopic (exact) mass is 2100 g/mol. The molecule has 27 nitrogen and oxygen atoms in total. The van der Waals surface area contributed by atoms with Crippen LogP contribution in [0.5, 0.6) is 0 Å². The third-order valence-corrected chi connectivity index (χ3v) is 33.9. The van der Waals surface area contributed by atoms with Gasteiger partial charge in [-0.3, -0.25) is 62.0 Å². The molecule has 0 N–H and O–H groups in total. The molecule has 38 heteroatoms. The van der Waals surface area contributed by atoms with E-state index < -0.39 is 91.2 Å². The van der Waals surface area contributed by atoms with E-state index in [9.17, 15) is 47.9 Å². The number of hydrogen-bond acceptors (Lipinski definition) is 24. The highest BCUT2D eigenvalue weighted by Gasteiger charge is 2.52. The summed E-state index contributed by atoms with van der Waals surface area (Å²) < 4.78 is 70.1. The van der Waals surface area contributed by atoms with Gasteiger partial charge in [0, 0.05) is 151 Å². The van der Waals surface area contributed by atoms with Crippen molar-refractivity contribution in [3.63, 3.8) is 0 Å². The maximum atomic E-state index is 13.9. The van der Waals surface area contributed by atoms with Gasteiger partial charge in [0.2, 0.25) is 0 Å². The molecule has 3 aromatic heterocycles. The molecular formula is C96H141Cl11N6O21. The Balaban J connectivity index is 1.02. The fraction of sp³-hybridized carbons (Fsp3) is 0.760. The summed E-state index contributed by atoms with van der Waals surface area (Å²) in [5.74, 6) is -3.98. The summed E-state index contributed by atoms with van der Waals surface area (Å²) in [6.07, 6.45) is 23.8. The number of ether oxygens (including phenoxy) is 11. The maximum absolute atomic E-state index is 13.9. The molecule has 3 aromatic rings. The summed E-state index contributed by atoms with van der Waals surface area (Å²) >= 11 is 67.3. The van der Waals surface area contributed by atoms with Crippen molar-refractivity contribution in [2.45, 2.75) is 288 Å². The molecule has 758 valence electrons. The lowest BCUT2D eigenvalue weighted by Gasteiger charge is -2.54. The molecule has 3 aliphatic carbocycles. The van der Waals surface area contributed by atoms with E-state index in [4.69, 9.17) is 180 Å². The highest BCUT2D eigenvalue weighted by molar-refractivity contribution is 6.25. The van der Waals surface area contributed by atoms with Gasteiger partial charge in [0.05, 0.1) is 62.3 Å². The Bertz CT molecular complexity index is 3750. The molecule has 0 saturated heterocycles. The second-order valence-electron chi connectivity index (χ2n) is 39.6. The molecule has 4 atom stereocenters. The smallest absolute Gasteiger partial charge is 0.319 e. The molecule has 0 radical (unpaired) electrons. The van der Waals surface area contributed by atoms with E-state index in [1.807, 2.05) is 13.1 Å². The van der Waals surface area contributed by atoms with Crippen molar-refractivity contribution in [1.29, 1.82) is 0 Å². The number of rotatable bonds is 63. The first-order valence-corrected chi connectivity index (χ1v) is 52.2. The molecule has 0 bridgehead atoms. The molecule has 0 aliphatic heterocycles. The van der Waals surface area contributed by atoms with Crippen LogP contribution in [-0.4, -0.2) is 205 Å². The Kier molecular flexibility index (Phi) is 48.5. The number of halogens is 11. The summed E-state index contributed by atoms with van der Waals surface area (Å²) in [6.45, 7) is 26.8. The molecule has 3 fully saturated rings. The van der Waals surface area contributed by atoms with E-state index in [2.05, 4.69) is 35.4 Å². The van der Waals surface area contributed by atoms with Gasteiger partial charge in [0.25, 0.3) is 0 Å². The number of esters is 9. The Hall–Kier alpha value is -5.20. The Morgan fingerprint density at radius 3 is 0.881 bits per heavy atom. The van der Waals surface area contributed by atoms with Gasteiger partial charge in [-0.05, 0) is 200 Å². The lowest BCUT2D eigenvalue weighted by Crippen LogP contribution is -2.47. The van der Waals surface area contributed by atoms with Gasteiger partial charge in [-0.15, -0.1) is 128 Å². The molecule has 4 unspecified atom stereocenters. The molecule has 0 aromatic carbocycles. The van der Waals surface area contributed by atoms with E-state index in [0.717, 1.165) is 77.0 Å². The van der Waals surface area contributed by atoms with Crippen molar-refractivity contribution in [3.05, 3.63) is 78.5 Å². The van der Waals surface area contributed by atoms with E-state index >= 15 is 0 Å². The number of aromatic nitrogens is 6. The highest BCUT2D eigenvalue weighted by Crippen LogP contribution is 2.57. The van der Waals surface area contributed by atoms with E-state index in [1.165, 1.54) is 0 Å². The van der Waals surface area contributed by atoms with Crippen LogP contribution in [0, 0.1) is 71.9 Å². The Morgan fingerprint density at radius 2 is 0.582 bits per heavy atom. The van der Waals surface area contributed by atoms with E-state index in [0.29, 0.717) is 99.0 Å². The second kappa shape index (κ2) is 55.3. The van der Waals surface area contributed by atoms with Crippen LogP contribution in [0.2, 0.25) is 0 Å². The summed E-state index contributed by atoms with van der Waals surface area (Å²) in [5.41, 5.74) is -8.65. The molecule has 3 aliphatic rings. The minimum Gasteiger partial charge on any atom is -0.497 e. The van der Waals surface area contributed by atoms with Crippen LogP contribution >= 0.6 is 128 Å². The summed E-state index contributed by atoms with van der Waals surface area (Å²) in [6, 6.07) is 0. The number of nitrogens with zero attached hydrogens (tertiary/aromatic N) is 6.